The van der Waals surface area contributed by atoms with Crippen LogP contribution < -0.4 is 5.32 Å². The molecule has 0 aromatic carbocycles. The molecule has 1 saturated heterocycles. The Morgan fingerprint density at radius 1 is 1.33 bits per heavy atom. The zero-order valence-electron chi connectivity index (χ0n) is 13.7. The average molecular weight is 367 g/mol. The van der Waals surface area contributed by atoms with E-state index in [4.69, 9.17) is 11.6 Å². The second-order valence-corrected chi connectivity index (χ2v) is 7.31. The van der Waals surface area contributed by atoms with Crippen molar-refractivity contribution in [1.29, 1.82) is 0 Å². The van der Waals surface area contributed by atoms with E-state index in [1.165, 1.54) is 56.2 Å². The van der Waals surface area contributed by atoms with Crippen molar-refractivity contribution in [2.45, 2.75) is 32.1 Å². The number of carbonyl (C=O) groups is 1. The van der Waals surface area contributed by atoms with E-state index in [0.717, 1.165) is 23.6 Å². The lowest BCUT2D eigenvalue weighted by Crippen LogP contribution is -2.30. The van der Waals surface area contributed by atoms with Crippen molar-refractivity contribution in [3.63, 3.8) is 0 Å². The number of hydrogen-bond acceptors (Lipinski definition) is 4. The maximum atomic E-state index is 11.9. The molecule has 0 spiro atoms. The Morgan fingerprint density at radius 3 is 2.92 bits per heavy atom. The molecule has 0 atom stereocenters. The first-order valence-electron chi connectivity index (χ1n) is 8.53. The number of carbonyl (C=O) groups excluding carboxylic acids is 1. The summed E-state index contributed by atoms with van der Waals surface area (Å²) in [6, 6.07) is 0. The van der Waals surface area contributed by atoms with Gasteiger partial charge in [-0.15, -0.1) is 11.3 Å². The molecule has 1 amide bonds. The van der Waals surface area contributed by atoms with E-state index in [1.54, 1.807) is 6.08 Å². The summed E-state index contributed by atoms with van der Waals surface area (Å²) in [6.07, 6.45) is 11.5. The summed E-state index contributed by atoms with van der Waals surface area (Å²) in [6.45, 7) is 4.16. The van der Waals surface area contributed by atoms with Gasteiger partial charge in [0.25, 0.3) is 0 Å². The maximum absolute atomic E-state index is 11.9. The normalized spacial score (nSPS) is 16.7. The van der Waals surface area contributed by atoms with E-state index in [0.29, 0.717) is 11.7 Å². The molecular weight excluding hydrogens is 344 g/mol. The quantitative estimate of drug-likeness (QED) is 0.629. The lowest BCUT2D eigenvalue weighted by molar-refractivity contribution is -0.116. The summed E-state index contributed by atoms with van der Waals surface area (Å²) in [5, 5.41) is 5.31. The number of thiazole rings is 1. The summed E-state index contributed by atoms with van der Waals surface area (Å²) < 4.78 is 1.89. The Kier molecular flexibility index (Phi) is 6.29. The molecule has 0 bridgehead atoms. The summed E-state index contributed by atoms with van der Waals surface area (Å²) in [5.74, 6) is -0.0906. The molecule has 0 unspecified atom stereocenters. The van der Waals surface area contributed by atoms with Crippen molar-refractivity contribution in [3.05, 3.63) is 28.5 Å². The summed E-state index contributed by atoms with van der Waals surface area (Å²) in [4.78, 5) is 19.5. The van der Waals surface area contributed by atoms with Gasteiger partial charge in [-0.3, -0.25) is 9.20 Å². The molecule has 130 valence electrons. The molecule has 7 heteroatoms. The van der Waals surface area contributed by atoms with Crippen LogP contribution in [0.5, 0.6) is 0 Å². The molecule has 2 aromatic heterocycles. The van der Waals surface area contributed by atoms with Crippen molar-refractivity contribution in [3.8, 4) is 0 Å². The van der Waals surface area contributed by atoms with E-state index < -0.39 is 0 Å². The molecule has 0 saturated carbocycles. The molecule has 3 rings (SSSR count). The van der Waals surface area contributed by atoms with Crippen LogP contribution in [0.15, 0.2) is 17.7 Å². The van der Waals surface area contributed by atoms with Crippen LogP contribution in [0.4, 0.5) is 0 Å². The minimum Gasteiger partial charge on any atom is -0.353 e. The predicted octanol–water partition coefficient (Wildman–Crippen LogP) is 3.44. The Labute approximate surface area is 151 Å². The standard InChI is InChI=1S/C17H23ClN4OS/c18-16-14(22-12-13-24-17(22)20-16)6-7-15(23)19-8-5-11-21-9-3-1-2-4-10-21/h6-7,12-13H,1-5,8-11H2,(H,19,23)/b7-6+. The number of nitrogens with zero attached hydrogens (tertiary/aromatic N) is 3. The Bertz CT molecular complexity index is 701. The third kappa shape index (κ3) is 4.59. The lowest BCUT2D eigenvalue weighted by atomic mass is 10.2. The van der Waals surface area contributed by atoms with Gasteiger partial charge in [-0.2, -0.15) is 0 Å². The van der Waals surface area contributed by atoms with Gasteiger partial charge in [-0.05, 0) is 45.0 Å². The Hall–Kier alpha value is -1.37. The summed E-state index contributed by atoms with van der Waals surface area (Å²) in [5.41, 5.74) is 0.743. The van der Waals surface area contributed by atoms with E-state index in [2.05, 4.69) is 15.2 Å². The van der Waals surface area contributed by atoms with Crippen LogP contribution in [0.3, 0.4) is 0 Å². The number of likely N-dealkylation sites (tertiary alicyclic amines) is 1. The number of hydrogen-bond donors (Lipinski definition) is 1. The number of imidazole rings is 1. The summed E-state index contributed by atoms with van der Waals surface area (Å²) in [7, 11) is 0. The molecule has 0 radical (unpaired) electrons. The van der Waals surface area contributed by atoms with Crippen molar-refractivity contribution >= 4 is 39.9 Å². The third-order valence-corrected chi connectivity index (χ3v) is 5.33. The summed E-state index contributed by atoms with van der Waals surface area (Å²) >= 11 is 7.62. The maximum Gasteiger partial charge on any atom is 0.244 e. The predicted molar refractivity (Wildman–Crippen MR) is 99.6 cm³/mol. The lowest BCUT2D eigenvalue weighted by Gasteiger charge is -2.19. The zero-order valence-corrected chi connectivity index (χ0v) is 15.3. The second kappa shape index (κ2) is 8.65. The molecular formula is C17H23ClN4OS. The van der Waals surface area contributed by atoms with E-state index >= 15 is 0 Å². The minimum atomic E-state index is -0.0906. The van der Waals surface area contributed by atoms with Crippen LogP contribution in [0.2, 0.25) is 5.15 Å². The molecule has 0 aliphatic carbocycles. The highest BCUT2D eigenvalue weighted by molar-refractivity contribution is 7.15. The fourth-order valence-corrected chi connectivity index (χ4v) is 4.02. The molecule has 1 fully saturated rings. The fraction of sp³-hybridized carbons (Fsp3) is 0.529. The largest absolute Gasteiger partial charge is 0.353 e. The van der Waals surface area contributed by atoms with Crippen molar-refractivity contribution < 1.29 is 4.79 Å². The first-order chi connectivity index (χ1) is 11.7. The van der Waals surface area contributed by atoms with Gasteiger partial charge in [0, 0.05) is 24.2 Å². The third-order valence-electron chi connectivity index (χ3n) is 4.30. The molecule has 3 heterocycles. The molecule has 2 aromatic rings. The van der Waals surface area contributed by atoms with Crippen molar-refractivity contribution in [2.75, 3.05) is 26.2 Å². The SMILES string of the molecule is O=C(/C=C/c1c(Cl)nc2sccn12)NCCCN1CCCCCC1. The molecule has 1 aliphatic heterocycles. The zero-order chi connectivity index (χ0) is 16.8. The Morgan fingerprint density at radius 2 is 2.12 bits per heavy atom. The number of halogens is 1. The number of rotatable bonds is 6. The topological polar surface area (TPSA) is 49.6 Å². The number of nitrogens with one attached hydrogen (secondary N) is 1. The van der Waals surface area contributed by atoms with Crippen LogP contribution in [-0.2, 0) is 4.79 Å². The van der Waals surface area contributed by atoms with Crippen LogP contribution in [0, 0.1) is 0 Å². The second-order valence-electron chi connectivity index (χ2n) is 6.08. The highest BCUT2D eigenvalue weighted by Crippen LogP contribution is 2.22. The van der Waals surface area contributed by atoms with Crippen LogP contribution in [-0.4, -0.2) is 46.4 Å². The van der Waals surface area contributed by atoms with Gasteiger partial charge in [-0.25, -0.2) is 4.98 Å². The van der Waals surface area contributed by atoms with E-state index in [9.17, 15) is 4.79 Å². The molecule has 5 nitrogen and oxygen atoms in total. The highest BCUT2D eigenvalue weighted by atomic mass is 35.5. The molecule has 1 N–H and O–H groups in total. The van der Waals surface area contributed by atoms with Gasteiger partial charge in [0.2, 0.25) is 5.91 Å². The van der Waals surface area contributed by atoms with Gasteiger partial charge in [0.15, 0.2) is 10.1 Å². The van der Waals surface area contributed by atoms with Crippen LogP contribution in [0.1, 0.15) is 37.8 Å². The monoisotopic (exact) mass is 366 g/mol. The van der Waals surface area contributed by atoms with E-state index in [-0.39, 0.29) is 5.91 Å². The average Bonchev–Trinajstić information content (AvgIpc) is 3.01. The van der Waals surface area contributed by atoms with Gasteiger partial charge in [-0.1, -0.05) is 24.4 Å². The molecule has 24 heavy (non-hydrogen) atoms. The Balaban J connectivity index is 1.42. The number of amides is 1. The van der Waals surface area contributed by atoms with Gasteiger partial charge >= 0.3 is 0 Å². The van der Waals surface area contributed by atoms with Gasteiger partial charge < -0.3 is 10.2 Å². The number of fused-ring (bicyclic) bond motifs is 1. The fourth-order valence-electron chi connectivity index (χ4n) is 3.01. The first kappa shape index (κ1) is 17.5. The van der Waals surface area contributed by atoms with Gasteiger partial charge in [0.05, 0.1) is 5.69 Å². The minimum absolute atomic E-state index is 0.0906. The van der Waals surface area contributed by atoms with Gasteiger partial charge in [0.1, 0.15) is 0 Å². The first-order valence-corrected chi connectivity index (χ1v) is 9.79. The number of aromatic nitrogens is 2. The highest BCUT2D eigenvalue weighted by Gasteiger charge is 2.09. The smallest absolute Gasteiger partial charge is 0.244 e. The van der Waals surface area contributed by atoms with E-state index in [1.807, 2.05) is 16.0 Å². The van der Waals surface area contributed by atoms with Crippen molar-refractivity contribution in [2.24, 2.45) is 0 Å². The van der Waals surface area contributed by atoms with Crippen LogP contribution >= 0.6 is 22.9 Å². The molecule has 1 aliphatic rings. The van der Waals surface area contributed by atoms with Crippen molar-refractivity contribution in [1.82, 2.24) is 19.6 Å². The van der Waals surface area contributed by atoms with Crippen LogP contribution in [0.25, 0.3) is 11.0 Å².